The summed E-state index contributed by atoms with van der Waals surface area (Å²) >= 11 is 0. The van der Waals surface area contributed by atoms with Crippen LogP contribution in [-0.2, 0) is 11.8 Å². The van der Waals surface area contributed by atoms with Gasteiger partial charge in [-0.1, -0.05) is 0 Å². The van der Waals surface area contributed by atoms with Gasteiger partial charge in [0.1, 0.15) is 12.1 Å². The molecule has 17 heavy (non-hydrogen) atoms. The van der Waals surface area contributed by atoms with Crippen molar-refractivity contribution in [2.45, 2.75) is 6.92 Å². The molecule has 0 saturated carbocycles. The molecule has 2 aromatic heterocycles. The largest absolute Gasteiger partial charge is 0.378 e. The summed E-state index contributed by atoms with van der Waals surface area (Å²) in [6.45, 7) is 5.26. The second-order valence-corrected chi connectivity index (χ2v) is 4.20. The highest BCUT2D eigenvalue weighted by Gasteiger charge is 2.19. The van der Waals surface area contributed by atoms with E-state index in [2.05, 4.69) is 20.0 Å². The van der Waals surface area contributed by atoms with Crippen molar-refractivity contribution in [1.29, 1.82) is 0 Å². The van der Waals surface area contributed by atoms with Crippen LogP contribution in [0.2, 0.25) is 0 Å². The number of anilines is 1. The van der Waals surface area contributed by atoms with Gasteiger partial charge in [0.15, 0.2) is 5.65 Å². The zero-order valence-electron chi connectivity index (χ0n) is 10.1. The third-order valence-corrected chi connectivity index (χ3v) is 3.09. The monoisotopic (exact) mass is 233 g/mol. The van der Waals surface area contributed by atoms with Crippen LogP contribution in [0.25, 0.3) is 11.0 Å². The van der Waals surface area contributed by atoms with Crippen LogP contribution in [-0.4, -0.2) is 46.1 Å². The molecular weight excluding hydrogens is 218 g/mol. The van der Waals surface area contributed by atoms with Crippen molar-refractivity contribution >= 4 is 16.9 Å². The second-order valence-electron chi connectivity index (χ2n) is 4.20. The number of rotatable bonds is 1. The lowest BCUT2D eigenvalue weighted by molar-refractivity contribution is 0.122. The SMILES string of the molecule is Cc1nn(C)c2ncnc(N3CCOCC3)c12. The topological polar surface area (TPSA) is 56.1 Å². The first kappa shape index (κ1) is 10.5. The van der Waals surface area contributed by atoms with E-state index in [4.69, 9.17) is 4.74 Å². The Morgan fingerprint density at radius 2 is 2.00 bits per heavy atom. The molecule has 0 aliphatic carbocycles. The molecule has 1 aliphatic heterocycles. The number of hydrogen-bond acceptors (Lipinski definition) is 5. The molecule has 1 aliphatic rings. The number of ether oxygens (including phenoxy) is 1. The predicted molar refractivity (Wildman–Crippen MR) is 64.1 cm³/mol. The molecule has 0 radical (unpaired) electrons. The summed E-state index contributed by atoms with van der Waals surface area (Å²) in [4.78, 5) is 10.9. The fourth-order valence-electron chi connectivity index (χ4n) is 2.27. The quantitative estimate of drug-likeness (QED) is 0.718. The van der Waals surface area contributed by atoms with Gasteiger partial charge in [0, 0.05) is 20.1 Å². The van der Waals surface area contributed by atoms with E-state index in [1.807, 2.05) is 14.0 Å². The maximum absolute atomic E-state index is 5.36. The van der Waals surface area contributed by atoms with Gasteiger partial charge in [0.25, 0.3) is 0 Å². The van der Waals surface area contributed by atoms with Gasteiger partial charge in [-0.05, 0) is 6.92 Å². The number of hydrogen-bond donors (Lipinski definition) is 0. The number of morpholine rings is 1. The number of aryl methyl sites for hydroxylation is 2. The Morgan fingerprint density at radius 1 is 1.24 bits per heavy atom. The number of fused-ring (bicyclic) bond motifs is 1. The van der Waals surface area contributed by atoms with Gasteiger partial charge in [-0.15, -0.1) is 0 Å². The molecule has 0 aromatic carbocycles. The minimum absolute atomic E-state index is 0.755. The van der Waals surface area contributed by atoms with Crippen molar-refractivity contribution in [2.24, 2.45) is 7.05 Å². The molecule has 0 atom stereocenters. The first-order valence-electron chi connectivity index (χ1n) is 5.74. The first-order valence-corrected chi connectivity index (χ1v) is 5.74. The second kappa shape index (κ2) is 3.96. The van der Waals surface area contributed by atoms with Crippen LogP contribution in [0.15, 0.2) is 6.33 Å². The van der Waals surface area contributed by atoms with Crippen molar-refractivity contribution < 1.29 is 4.74 Å². The molecule has 2 aromatic rings. The molecule has 90 valence electrons. The molecule has 3 heterocycles. The molecule has 0 spiro atoms. The molecule has 0 amide bonds. The van der Waals surface area contributed by atoms with Crippen molar-refractivity contribution in [3.8, 4) is 0 Å². The maximum Gasteiger partial charge on any atom is 0.163 e. The fourth-order valence-corrected chi connectivity index (χ4v) is 2.27. The summed E-state index contributed by atoms with van der Waals surface area (Å²) in [5.41, 5.74) is 1.86. The number of nitrogens with zero attached hydrogens (tertiary/aromatic N) is 5. The average Bonchev–Trinajstić information content (AvgIpc) is 2.66. The molecule has 3 rings (SSSR count). The fraction of sp³-hybridized carbons (Fsp3) is 0.545. The third-order valence-electron chi connectivity index (χ3n) is 3.09. The van der Waals surface area contributed by atoms with E-state index in [1.165, 1.54) is 0 Å². The lowest BCUT2D eigenvalue weighted by atomic mass is 10.2. The Bertz CT molecular complexity index is 544. The summed E-state index contributed by atoms with van der Waals surface area (Å²) in [7, 11) is 1.91. The molecule has 0 bridgehead atoms. The lowest BCUT2D eigenvalue weighted by Gasteiger charge is -2.28. The van der Waals surface area contributed by atoms with Crippen LogP contribution < -0.4 is 4.90 Å². The highest BCUT2D eigenvalue weighted by atomic mass is 16.5. The van der Waals surface area contributed by atoms with Crippen LogP contribution in [0.3, 0.4) is 0 Å². The van der Waals surface area contributed by atoms with Gasteiger partial charge in [0.05, 0.1) is 24.3 Å². The molecule has 6 nitrogen and oxygen atoms in total. The predicted octanol–water partition coefficient (Wildman–Crippen LogP) is 0.508. The minimum atomic E-state index is 0.755. The molecule has 0 unspecified atom stereocenters. The third kappa shape index (κ3) is 1.64. The van der Waals surface area contributed by atoms with E-state index in [9.17, 15) is 0 Å². The molecule has 0 N–H and O–H groups in total. The van der Waals surface area contributed by atoms with Crippen molar-refractivity contribution in [1.82, 2.24) is 19.7 Å². The van der Waals surface area contributed by atoms with Crippen LogP contribution >= 0.6 is 0 Å². The average molecular weight is 233 g/mol. The molecular formula is C11H15N5O. The Hall–Kier alpha value is -1.69. The first-order chi connectivity index (χ1) is 8.27. The number of aromatic nitrogens is 4. The van der Waals surface area contributed by atoms with Crippen molar-refractivity contribution in [3.63, 3.8) is 0 Å². The highest BCUT2D eigenvalue weighted by Crippen LogP contribution is 2.25. The van der Waals surface area contributed by atoms with Crippen LogP contribution in [0.1, 0.15) is 5.69 Å². The Labute approximate surface area is 99.2 Å². The maximum atomic E-state index is 5.36. The summed E-state index contributed by atoms with van der Waals surface area (Å²) < 4.78 is 7.16. The van der Waals surface area contributed by atoms with E-state index in [-0.39, 0.29) is 0 Å². The van der Waals surface area contributed by atoms with Crippen molar-refractivity contribution in [3.05, 3.63) is 12.0 Å². The van der Waals surface area contributed by atoms with Crippen LogP contribution in [0, 0.1) is 6.92 Å². The normalized spacial score (nSPS) is 16.7. The van der Waals surface area contributed by atoms with E-state index in [0.29, 0.717) is 0 Å². The summed E-state index contributed by atoms with van der Waals surface area (Å²) in [5.74, 6) is 0.976. The summed E-state index contributed by atoms with van der Waals surface area (Å²) in [6, 6.07) is 0. The Morgan fingerprint density at radius 3 is 2.76 bits per heavy atom. The highest BCUT2D eigenvalue weighted by molar-refractivity contribution is 5.89. The lowest BCUT2D eigenvalue weighted by Crippen LogP contribution is -2.36. The van der Waals surface area contributed by atoms with Gasteiger partial charge in [-0.3, -0.25) is 4.68 Å². The zero-order valence-corrected chi connectivity index (χ0v) is 10.1. The van der Waals surface area contributed by atoms with E-state index in [1.54, 1.807) is 11.0 Å². The van der Waals surface area contributed by atoms with Gasteiger partial charge in [0.2, 0.25) is 0 Å². The Kier molecular flexibility index (Phi) is 2.44. The molecule has 6 heteroatoms. The van der Waals surface area contributed by atoms with E-state index in [0.717, 1.165) is 48.8 Å². The zero-order chi connectivity index (χ0) is 11.8. The molecule has 1 fully saturated rings. The van der Waals surface area contributed by atoms with Crippen molar-refractivity contribution in [2.75, 3.05) is 31.2 Å². The summed E-state index contributed by atoms with van der Waals surface area (Å²) in [6.07, 6.45) is 1.61. The van der Waals surface area contributed by atoms with Gasteiger partial charge in [-0.25, -0.2) is 9.97 Å². The smallest absolute Gasteiger partial charge is 0.163 e. The van der Waals surface area contributed by atoms with Crippen LogP contribution in [0.4, 0.5) is 5.82 Å². The van der Waals surface area contributed by atoms with E-state index < -0.39 is 0 Å². The standard InChI is InChI=1S/C11H15N5O/c1-8-9-10(15(2)14-8)12-7-13-11(9)16-3-5-17-6-4-16/h7H,3-6H2,1-2H3. The van der Waals surface area contributed by atoms with Crippen LogP contribution in [0.5, 0.6) is 0 Å². The minimum Gasteiger partial charge on any atom is -0.378 e. The van der Waals surface area contributed by atoms with Gasteiger partial charge < -0.3 is 9.64 Å². The van der Waals surface area contributed by atoms with Gasteiger partial charge >= 0.3 is 0 Å². The van der Waals surface area contributed by atoms with E-state index >= 15 is 0 Å². The van der Waals surface area contributed by atoms with Gasteiger partial charge in [-0.2, -0.15) is 5.10 Å². The Balaban J connectivity index is 2.15. The summed E-state index contributed by atoms with van der Waals surface area (Å²) in [5, 5.41) is 5.45. The molecule has 1 saturated heterocycles.